The Bertz CT molecular complexity index is 484. The molecule has 0 fully saturated rings. The van der Waals surface area contributed by atoms with Crippen LogP contribution in [0.5, 0.6) is 0 Å². The average Bonchev–Trinajstić information content (AvgIpc) is 2.39. The number of hydrogen-bond donors (Lipinski definition) is 2. The molecule has 4 nitrogen and oxygen atoms in total. The highest BCUT2D eigenvalue weighted by atomic mass is 32.2. The summed E-state index contributed by atoms with van der Waals surface area (Å²) in [6.45, 7) is 4.77. The van der Waals surface area contributed by atoms with Gasteiger partial charge in [-0.05, 0) is 24.7 Å². The maximum Gasteiger partial charge on any atom is 0.240 e. The van der Waals surface area contributed by atoms with Crippen LogP contribution >= 0.6 is 11.8 Å². The first-order chi connectivity index (χ1) is 9.10. The molecule has 2 N–H and O–H groups in total. The lowest BCUT2D eigenvalue weighted by atomic mass is 10.2. The Kier molecular flexibility index (Phi) is 7.15. The second-order valence-corrected chi connectivity index (χ2v) is 6.85. The number of nitrogens with one attached hydrogen (secondary N) is 2. The predicted molar refractivity (Wildman–Crippen MR) is 81.9 cm³/mol. The van der Waals surface area contributed by atoms with Gasteiger partial charge in [0, 0.05) is 24.6 Å². The molecule has 0 aromatic heterocycles. The molecule has 6 heteroatoms. The second kappa shape index (κ2) is 8.37. The summed E-state index contributed by atoms with van der Waals surface area (Å²) < 4.78 is 26.5. The van der Waals surface area contributed by atoms with Gasteiger partial charge in [-0.3, -0.25) is 0 Å². The molecule has 0 radical (unpaired) electrons. The normalized spacial score (nSPS) is 11.4. The fraction of sp³-hybridized carbons (Fsp3) is 0.385. The highest BCUT2D eigenvalue weighted by Gasteiger charge is 2.12. The molecule has 0 saturated heterocycles. The maximum absolute atomic E-state index is 12.0. The molecule has 1 aromatic carbocycles. The van der Waals surface area contributed by atoms with Gasteiger partial charge in [-0.25, -0.2) is 13.1 Å². The van der Waals surface area contributed by atoms with Crippen LogP contribution < -0.4 is 10.0 Å². The van der Waals surface area contributed by atoms with E-state index in [4.69, 9.17) is 0 Å². The topological polar surface area (TPSA) is 58.2 Å². The quantitative estimate of drug-likeness (QED) is 0.537. The van der Waals surface area contributed by atoms with Crippen molar-refractivity contribution in [2.24, 2.45) is 0 Å². The third-order valence-electron chi connectivity index (χ3n) is 2.39. The molecule has 0 aliphatic rings. The standard InChI is InChI=1S/C13H20N2O2S2/c1-3-9-18-10-8-15-19(16,17)13-6-4-12(5-7-13)11-14-2/h3-7,14-15H,1,8-11H2,2H3. The van der Waals surface area contributed by atoms with E-state index in [9.17, 15) is 8.42 Å². The molecule has 0 amide bonds. The number of thioether (sulfide) groups is 1. The Morgan fingerprint density at radius 2 is 2.00 bits per heavy atom. The lowest BCUT2D eigenvalue weighted by Crippen LogP contribution is -2.26. The predicted octanol–water partition coefficient (Wildman–Crippen LogP) is 1.60. The van der Waals surface area contributed by atoms with Gasteiger partial charge in [-0.15, -0.1) is 6.58 Å². The van der Waals surface area contributed by atoms with Crippen LogP contribution in [0.1, 0.15) is 5.56 Å². The zero-order valence-electron chi connectivity index (χ0n) is 11.1. The average molecular weight is 300 g/mol. The van der Waals surface area contributed by atoms with Crippen LogP contribution in [0.4, 0.5) is 0 Å². The van der Waals surface area contributed by atoms with Gasteiger partial charge in [0.15, 0.2) is 0 Å². The molecule has 1 rings (SSSR count). The van der Waals surface area contributed by atoms with Crippen molar-refractivity contribution < 1.29 is 8.42 Å². The SMILES string of the molecule is C=CCSCCNS(=O)(=O)c1ccc(CNC)cc1. The molecular weight excluding hydrogens is 280 g/mol. The summed E-state index contributed by atoms with van der Waals surface area (Å²) in [6.07, 6.45) is 1.81. The monoisotopic (exact) mass is 300 g/mol. The van der Waals surface area contributed by atoms with Gasteiger partial charge in [0.05, 0.1) is 4.90 Å². The Morgan fingerprint density at radius 1 is 1.32 bits per heavy atom. The van der Waals surface area contributed by atoms with Crippen molar-refractivity contribution in [3.05, 3.63) is 42.5 Å². The van der Waals surface area contributed by atoms with Crippen LogP contribution in [-0.4, -0.2) is 33.5 Å². The Hall–Kier alpha value is -0.820. The first-order valence-corrected chi connectivity index (χ1v) is 8.66. The molecule has 0 aliphatic heterocycles. The van der Waals surface area contributed by atoms with E-state index < -0.39 is 10.0 Å². The van der Waals surface area contributed by atoms with Crippen LogP contribution in [0.3, 0.4) is 0 Å². The summed E-state index contributed by atoms with van der Waals surface area (Å²) in [6, 6.07) is 6.90. The van der Waals surface area contributed by atoms with Crippen molar-refractivity contribution in [3.63, 3.8) is 0 Å². The molecule has 1 aromatic rings. The highest BCUT2D eigenvalue weighted by Crippen LogP contribution is 2.10. The van der Waals surface area contributed by atoms with Crippen LogP contribution in [0.25, 0.3) is 0 Å². The van der Waals surface area contributed by atoms with E-state index in [2.05, 4.69) is 16.6 Å². The maximum atomic E-state index is 12.0. The minimum atomic E-state index is -3.39. The number of benzene rings is 1. The van der Waals surface area contributed by atoms with Gasteiger partial charge in [0.2, 0.25) is 10.0 Å². The van der Waals surface area contributed by atoms with E-state index in [0.29, 0.717) is 11.4 Å². The first-order valence-electron chi connectivity index (χ1n) is 6.02. The molecule has 0 atom stereocenters. The Morgan fingerprint density at radius 3 is 2.58 bits per heavy atom. The third kappa shape index (κ3) is 5.78. The number of hydrogen-bond acceptors (Lipinski definition) is 4. The van der Waals surface area contributed by atoms with Crippen LogP contribution in [0.2, 0.25) is 0 Å². The van der Waals surface area contributed by atoms with Crippen LogP contribution in [0.15, 0.2) is 41.8 Å². The van der Waals surface area contributed by atoms with E-state index in [1.165, 1.54) is 0 Å². The van der Waals surface area contributed by atoms with E-state index >= 15 is 0 Å². The smallest absolute Gasteiger partial charge is 0.240 e. The zero-order chi connectivity index (χ0) is 14.1. The van der Waals surface area contributed by atoms with Crippen molar-refractivity contribution in [3.8, 4) is 0 Å². The molecule has 0 spiro atoms. The largest absolute Gasteiger partial charge is 0.316 e. The summed E-state index contributed by atoms with van der Waals surface area (Å²) in [4.78, 5) is 0.307. The molecular formula is C13H20N2O2S2. The van der Waals surface area contributed by atoms with E-state index in [-0.39, 0.29) is 0 Å². The van der Waals surface area contributed by atoms with Crippen LogP contribution in [-0.2, 0) is 16.6 Å². The Balaban J connectivity index is 2.54. The number of rotatable bonds is 9. The molecule has 106 valence electrons. The van der Waals surface area contributed by atoms with Crippen molar-refractivity contribution in [1.82, 2.24) is 10.0 Å². The fourth-order valence-electron chi connectivity index (χ4n) is 1.49. The zero-order valence-corrected chi connectivity index (χ0v) is 12.7. The van der Waals surface area contributed by atoms with E-state index in [0.717, 1.165) is 23.6 Å². The summed E-state index contributed by atoms with van der Waals surface area (Å²) in [5.74, 6) is 1.57. The van der Waals surface area contributed by atoms with E-state index in [1.807, 2.05) is 19.2 Å². The highest BCUT2D eigenvalue weighted by molar-refractivity contribution is 7.99. The van der Waals surface area contributed by atoms with Crippen molar-refractivity contribution in [2.45, 2.75) is 11.4 Å². The molecule has 0 saturated carbocycles. The van der Waals surface area contributed by atoms with E-state index in [1.54, 1.807) is 30.0 Å². The second-order valence-electron chi connectivity index (χ2n) is 3.94. The van der Waals surface area contributed by atoms with Gasteiger partial charge in [-0.2, -0.15) is 11.8 Å². The lowest BCUT2D eigenvalue weighted by molar-refractivity contribution is 0.584. The fourth-order valence-corrected chi connectivity index (χ4v) is 3.23. The third-order valence-corrected chi connectivity index (χ3v) is 4.83. The van der Waals surface area contributed by atoms with Gasteiger partial charge in [-0.1, -0.05) is 18.2 Å². The summed E-state index contributed by atoms with van der Waals surface area (Å²) in [5, 5.41) is 3.02. The molecule has 0 bridgehead atoms. The minimum Gasteiger partial charge on any atom is -0.316 e. The number of sulfonamides is 1. The molecule has 19 heavy (non-hydrogen) atoms. The van der Waals surface area contributed by atoms with Gasteiger partial charge in [0.25, 0.3) is 0 Å². The summed E-state index contributed by atoms with van der Waals surface area (Å²) in [5.41, 5.74) is 1.06. The summed E-state index contributed by atoms with van der Waals surface area (Å²) >= 11 is 1.64. The Labute approximate surface area is 119 Å². The lowest BCUT2D eigenvalue weighted by Gasteiger charge is -2.07. The summed E-state index contributed by atoms with van der Waals surface area (Å²) in [7, 11) is -1.53. The van der Waals surface area contributed by atoms with Crippen molar-refractivity contribution in [1.29, 1.82) is 0 Å². The first kappa shape index (κ1) is 16.2. The van der Waals surface area contributed by atoms with Gasteiger partial charge >= 0.3 is 0 Å². The van der Waals surface area contributed by atoms with Crippen molar-refractivity contribution in [2.75, 3.05) is 25.1 Å². The van der Waals surface area contributed by atoms with Crippen molar-refractivity contribution >= 4 is 21.8 Å². The minimum absolute atomic E-state index is 0.307. The molecule has 0 aliphatic carbocycles. The molecule has 0 unspecified atom stereocenters. The van der Waals surface area contributed by atoms with Gasteiger partial charge < -0.3 is 5.32 Å². The van der Waals surface area contributed by atoms with Gasteiger partial charge in [0.1, 0.15) is 0 Å². The van der Waals surface area contributed by atoms with Crippen LogP contribution in [0, 0.1) is 0 Å². The molecule has 0 heterocycles.